The maximum Gasteiger partial charge on any atom is 0.332 e. The molecule has 0 aliphatic heterocycles. The molecule has 0 saturated heterocycles. The van der Waals surface area contributed by atoms with Crippen LogP contribution >= 0.6 is 0 Å². The number of benzene rings is 1. The Morgan fingerprint density at radius 1 is 0.588 bits per heavy atom. The lowest BCUT2D eigenvalue weighted by Crippen LogP contribution is -2.37. The monoisotopic (exact) mass is 462 g/mol. The Balaban J connectivity index is 1.46. The van der Waals surface area contributed by atoms with Crippen LogP contribution in [0.15, 0.2) is 56.1 Å². The molecule has 12 nitrogen and oxygen atoms in total. The van der Waals surface area contributed by atoms with E-state index in [0.717, 1.165) is 20.3 Å². The second-order valence-electron chi connectivity index (χ2n) is 8.32. The van der Waals surface area contributed by atoms with E-state index in [1.165, 1.54) is 23.2 Å². The zero-order valence-electron chi connectivity index (χ0n) is 19.1. The van der Waals surface area contributed by atoms with Crippen molar-refractivity contribution in [2.45, 2.75) is 13.1 Å². The lowest BCUT2D eigenvalue weighted by atomic mass is 10.1. The van der Waals surface area contributed by atoms with Gasteiger partial charge in [0.25, 0.3) is 11.1 Å². The molecule has 174 valence electrons. The molecule has 0 unspecified atom stereocenters. The molecular formula is C22H22N8O4. The Bertz CT molecular complexity index is 1690. The quantitative estimate of drug-likeness (QED) is 0.347. The van der Waals surface area contributed by atoms with Gasteiger partial charge < -0.3 is 9.13 Å². The van der Waals surface area contributed by atoms with Crippen molar-refractivity contribution in [2.75, 3.05) is 0 Å². The van der Waals surface area contributed by atoms with Crippen LogP contribution in [0.5, 0.6) is 0 Å². The summed E-state index contributed by atoms with van der Waals surface area (Å²) in [6, 6.07) is 7.72. The standard InChI is InChI=1S/C22H22N8O4/c1-25-17-15(19(31)27(3)21(25)33)29(11-23-17)9-13-5-7-14(8-6-13)10-30-12-24-18-16(30)20(32)28(4)22(34)26(18)2/h5-8,11-12H,9-10H2,1-4H3. The largest absolute Gasteiger partial charge is 0.332 e. The lowest BCUT2D eigenvalue weighted by Gasteiger charge is -2.09. The van der Waals surface area contributed by atoms with Gasteiger partial charge in [-0.2, -0.15) is 0 Å². The van der Waals surface area contributed by atoms with Crippen LogP contribution in [0, 0.1) is 0 Å². The summed E-state index contributed by atoms with van der Waals surface area (Å²) in [4.78, 5) is 58.0. The molecule has 5 aromatic rings. The van der Waals surface area contributed by atoms with Crippen molar-refractivity contribution in [3.63, 3.8) is 0 Å². The fraction of sp³-hybridized carbons (Fsp3) is 0.273. The summed E-state index contributed by atoms with van der Waals surface area (Å²) in [7, 11) is 6.06. The molecule has 0 bridgehead atoms. The predicted octanol–water partition coefficient (Wildman–Crippen LogP) is -0.723. The molecule has 0 atom stereocenters. The Kier molecular flexibility index (Phi) is 4.74. The van der Waals surface area contributed by atoms with Gasteiger partial charge >= 0.3 is 11.4 Å². The Morgan fingerprint density at radius 2 is 0.941 bits per heavy atom. The number of hydrogen-bond donors (Lipinski definition) is 0. The molecule has 12 heteroatoms. The van der Waals surface area contributed by atoms with Crippen LogP contribution in [-0.4, -0.2) is 37.4 Å². The van der Waals surface area contributed by atoms with E-state index in [9.17, 15) is 19.2 Å². The van der Waals surface area contributed by atoms with E-state index in [1.54, 1.807) is 35.9 Å². The van der Waals surface area contributed by atoms with Gasteiger partial charge in [-0.15, -0.1) is 0 Å². The van der Waals surface area contributed by atoms with Crippen molar-refractivity contribution in [1.82, 2.24) is 37.4 Å². The minimum absolute atomic E-state index is 0.340. The van der Waals surface area contributed by atoms with Crippen molar-refractivity contribution in [2.24, 2.45) is 28.2 Å². The van der Waals surface area contributed by atoms with Gasteiger partial charge in [0, 0.05) is 41.3 Å². The highest BCUT2D eigenvalue weighted by molar-refractivity contribution is 5.70. The van der Waals surface area contributed by atoms with Crippen LogP contribution in [0.2, 0.25) is 0 Å². The molecule has 0 spiro atoms. The molecule has 0 aliphatic carbocycles. The van der Waals surface area contributed by atoms with E-state index in [2.05, 4.69) is 9.97 Å². The van der Waals surface area contributed by atoms with Gasteiger partial charge in [0.1, 0.15) is 0 Å². The van der Waals surface area contributed by atoms with E-state index in [-0.39, 0.29) is 0 Å². The summed E-state index contributed by atoms with van der Waals surface area (Å²) in [5.41, 5.74) is 1.65. The minimum Gasteiger partial charge on any atom is -0.320 e. The van der Waals surface area contributed by atoms with Gasteiger partial charge in [-0.05, 0) is 11.1 Å². The lowest BCUT2D eigenvalue weighted by molar-refractivity contribution is 0.702. The Morgan fingerprint density at radius 3 is 1.29 bits per heavy atom. The first kappa shape index (κ1) is 21.4. The first-order valence-corrected chi connectivity index (χ1v) is 10.5. The van der Waals surface area contributed by atoms with Crippen molar-refractivity contribution in [3.8, 4) is 0 Å². The molecule has 4 aromatic heterocycles. The number of nitrogens with zero attached hydrogens (tertiary/aromatic N) is 8. The first-order valence-electron chi connectivity index (χ1n) is 10.5. The second kappa shape index (κ2) is 7.54. The number of aryl methyl sites for hydroxylation is 2. The van der Waals surface area contributed by atoms with E-state index >= 15 is 0 Å². The molecule has 4 heterocycles. The first-order chi connectivity index (χ1) is 16.2. The minimum atomic E-state index is -0.422. The maximum atomic E-state index is 12.6. The highest BCUT2D eigenvalue weighted by atomic mass is 16.2. The fourth-order valence-corrected chi connectivity index (χ4v) is 4.18. The third-order valence-electron chi connectivity index (χ3n) is 6.16. The Labute approximate surface area is 191 Å². The average molecular weight is 462 g/mol. The van der Waals surface area contributed by atoms with Gasteiger partial charge in [0.2, 0.25) is 0 Å². The third-order valence-corrected chi connectivity index (χ3v) is 6.16. The highest BCUT2D eigenvalue weighted by Gasteiger charge is 2.16. The summed E-state index contributed by atoms with van der Waals surface area (Å²) < 4.78 is 8.29. The fourth-order valence-electron chi connectivity index (χ4n) is 4.18. The van der Waals surface area contributed by atoms with Crippen LogP contribution in [-0.2, 0) is 41.3 Å². The van der Waals surface area contributed by atoms with Gasteiger partial charge in [0.15, 0.2) is 22.3 Å². The average Bonchev–Trinajstić information content (AvgIpc) is 3.44. The smallest absolute Gasteiger partial charge is 0.320 e. The zero-order valence-corrected chi connectivity index (χ0v) is 19.1. The van der Waals surface area contributed by atoms with Gasteiger partial charge in [-0.1, -0.05) is 24.3 Å². The summed E-state index contributed by atoms with van der Waals surface area (Å²) in [5.74, 6) is 0. The van der Waals surface area contributed by atoms with E-state index in [0.29, 0.717) is 35.4 Å². The number of rotatable bonds is 4. The number of fused-ring (bicyclic) bond motifs is 2. The Hall–Kier alpha value is -4.48. The molecule has 34 heavy (non-hydrogen) atoms. The molecule has 0 N–H and O–H groups in total. The van der Waals surface area contributed by atoms with Crippen LogP contribution in [0.3, 0.4) is 0 Å². The molecule has 1 aromatic carbocycles. The predicted molar refractivity (Wildman–Crippen MR) is 125 cm³/mol. The molecule has 0 amide bonds. The molecule has 5 rings (SSSR count). The van der Waals surface area contributed by atoms with Crippen molar-refractivity contribution in [1.29, 1.82) is 0 Å². The highest BCUT2D eigenvalue weighted by Crippen LogP contribution is 2.13. The maximum absolute atomic E-state index is 12.6. The molecular weight excluding hydrogens is 440 g/mol. The number of imidazole rings is 2. The van der Waals surface area contributed by atoms with Gasteiger partial charge in [-0.25, -0.2) is 19.6 Å². The topological polar surface area (TPSA) is 124 Å². The molecule has 0 fully saturated rings. The SMILES string of the molecule is Cn1c(=O)c2c(ncn2Cc2ccc(Cn3cnc4c3c(=O)n(C)c(=O)n4C)cc2)n(C)c1=O. The normalized spacial score (nSPS) is 11.6. The van der Waals surface area contributed by atoms with Crippen LogP contribution < -0.4 is 22.5 Å². The van der Waals surface area contributed by atoms with Crippen molar-refractivity contribution >= 4 is 22.3 Å². The summed E-state index contributed by atoms with van der Waals surface area (Å²) >= 11 is 0. The third kappa shape index (κ3) is 3.06. The van der Waals surface area contributed by atoms with E-state index in [4.69, 9.17) is 0 Å². The summed E-state index contributed by atoms with van der Waals surface area (Å²) in [6.07, 6.45) is 3.11. The van der Waals surface area contributed by atoms with Crippen molar-refractivity contribution in [3.05, 3.63) is 89.7 Å². The second-order valence-corrected chi connectivity index (χ2v) is 8.32. The van der Waals surface area contributed by atoms with Crippen LogP contribution in [0.4, 0.5) is 0 Å². The number of hydrogen-bond acceptors (Lipinski definition) is 6. The van der Waals surface area contributed by atoms with E-state index in [1.807, 2.05) is 24.3 Å². The molecule has 0 radical (unpaired) electrons. The summed E-state index contributed by atoms with van der Waals surface area (Å²) in [6.45, 7) is 0.807. The molecule has 0 saturated carbocycles. The van der Waals surface area contributed by atoms with Gasteiger partial charge in [-0.3, -0.25) is 27.9 Å². The zero-order chi connectivity index (χ0) is 24.3. The van der Waals surface area contributed by atoms with Crippen LogP contribution in [0.1, 0.15) is 11.1 Å². The van der Waals surface area contributed by atoms with Crippen LogP contribution in [0.25, 0.3) is 22.3 Å². The summed E-state index contributed by atoms with van der Waals surface area (Å²) in [5, 5.41) is 0. The molecule has 0 aliphatic rings. The van der Waals surface area contributed by atoms with Gasteiger partial charge in [0.05, 0.1) is 12.7 Å². The van der Waals surface area contributed by atoms with Crippen molar-refractivity contribution < 1.29 is 0 Å². The number of aromatic nitrogens is 8. The van der Waals surface area contributed by atoms with E-state index < -0.39 is 22.5 Å².